The fourth-order valence-electron chi connectivity index (χ4n) is 2.75. The lowest BCUT2D eigenvalue weighted by Gasteiger charge is -2.42. The second-order valence-electron chi connectivity index (χ2n) is 5.14. The number of hydrogen-bond acceptors (Lipinski definition) is 3. The van der Waals surface area contributed by atoms with Gasteiger partial charge in [0.2, 0.25) is 5.91 Å². The average Bonchev–Trinajstić information content (AvgIpc) is 2.27. The van der Waals surface area contributed by atoms with Gasteiger partial charge in [-0.1, -0.05) is 6.42 Å². The SMILES string of the molecule is CN(C(=O)C1(C(=O)O)CCC1)C1CCNCC1. The van der Waals surface area contributed by atoms with E-state index in [4.69, 9.17) is 0 Å². The molecule has 0 bridgehead atoms. The number of aliphatic carboxylic acids is 1. The standard InChI is InChI=1S/C12H20N2O3/c1-14(9-3-7-13-8-4-9)10(15)12(11(16)17)5-2-6-12/h9,13H,2-8H2,1H3,(H,16,17). The second-order valence-corrected chi connectivity index (χ2v) is 5.14. The van der Waals surface area contributed by atoms with Gasteiger partial charge in [0.25, 0.3) is 0 Å². The van der Waals surface area contributed by atoms with Crippen LogP contribution in [0.3, 0.4) is 0 Å². The van der Waals surface area contributed by atoms with Gasteiger partial charge in [0, 0.05) is 13.1 Å². The molecule has 2 fully saturated rings. The van der Waals surface area contributed by atoms with Crippen molar-refractivity contribution in [3.05, 3.63) is 0 Å². The summed E-state index contributed by atoms with van der Waals surface area (Å²) in [6.07, 6.45) is 3.67. The number of amides is 1. The maximum absolute atomic E-state index is 12.3. The molecule has 0 radical (unpaired) electrons. The van der Waals surface area contributed by atoms with Crippen LogP contribution in [0.4, 0.5) is 0 Å². The molecule has 2 aliphatic rings. The third kappa shape index (κ3) is 2.04. The van der Waals surface area contributed by atoms with E-state index in [1.54, 1.807) is 11.9 Å². The molecule has 0 atom stereocenters. The zero-order valence-corrected chi connectivity index (χ0v) is 10.2. The minimum absolute atomic E-state index is 0.192. The molecule has 0 spiro atoms. The smallest absolute Gasteiger partial charge is 0.319 e. The first-order valence-corrected chi connectivity index (χ1v) is 6.29. The lowest BCUT2D eigenvalue weighted by Crippen LogP contribution is -2.55. The van der Waals surface area contributed by atoms with Crippen LogP contribution >= 0.6 is 0 Å². The van der Waals surface area contributed by atoms with Crippen LogP contribution in [-0.2, 0) is 9.59 Å². The summed E-state index contributed by atoms with van der Waals surface area (Å²) in [5.74, 6) is -1.14. The van der Waals surface area contributed by atoms with Gasteiger partial charge in [-0.25, -0.2) is 0 Å². The van der Waals surface area contributed by atoms with Crippen molar-refractivity contribution in [3.8, 4) is 0 Å². The number of carbonyl (C=O) groups excluding carboxylic acids is 1. The Morgan fingerprint density at radius 2 is 1.88 bits per heavy atom. The highest BCUT2D eigenvalue weighted by Crippen LogP contribution is 2.43. The van der Waals surface area contributed by atoms with E-state index in [0.717, 1.165) is 32.4 Å². The fraction of sp³-hybridized carbons (Fsp3) is 0.833. The van der Waals surface area contributed by atoms with Crippen molar-refractivity contribution in [3.63, 3.8) is 0 Å². The molecular weight excluding hydrogens is 220 g/mol. The quantitative estimate of drug-likeness (QED) is 0.703. The summed E-state index contributed by atoms with van der Waals surface area (Å²) in [4.78, 5) is 25.3. The van der Waals surface area contributed by atoms with Gasteiger partial charge >= 0.3 is 5.97 Å². The largest absolute Gasteiger partial charge is 0.480 e. The van der Waals surface area contributed by atoms with E-state index < -0.39 is 11.4 Å². The Morgan fingerprint density at radius 1 is 1.29 bits per heavy atom. The van der Waals surface area contributed by atoms with E-state index in [1.807, 2.05) is 0 Å². The van der Waals surface area contributed by atoms with Crippen molar-refractivity contribution in [2.24, 2.45) is 5.41 Å². The minimum Gasteiger partial charge on any atom is -0.480 e. The van der Waals surface area contributed by atoms with E-state index in [1.165, 1.54) is 0 Å². The van der Waals surface area contributed by atoms with Gasteiger partial charge in [-0.05, 0) is 38.8 Å². The molecule has 2 N–H and O–H groups in total. The zero-order valence-electron chi connectivity index (χ0n) is 10.2. The lowest BCUT2D eigenvalue weighted by molar-refractivity contribution is -0.168. The summed E-state index contributed by atoms with van der Waals surface area (Å²) in [7, 11) is 1.75. The van der Waals surface area contributed by atoms with Crippen LogP contribution in [-0.4, -0.2) is 48.1 Å². The number of hydrogen-bond donors (Lipinski definition) is 2. The van der Waals surface area contributed by atoms with Gasteiger partial charge in [0.05, 0.1) is 0 Å². The number of piperidine rings is 1. The van der Waals surface area contributed by atoms with Gasteiger partial charge in [0.15, 0.2) is 0 Å². The van der Waals surface area contributed by atoms with Crippen molar-refractivity contribution in [2.75, 3.05) is 20.1 Å². The third-order valence-corrected chi connectivity index (χ3v) is 4.20. The maximum Gasteiger partial charge on any atom is 0.319 e. The van der Waals surface area contributed by atoms with E-state index in [0.29, 0.717) is 12.8 Å². The normalized spacial score (nSPS) is 23.8. The summed E-state index contributed by atoms with van der Waals surface area (Å²) in [5.41, 5.74) is -1.11. The van der Waals surface area contributed by atoms with Crippen LogP contribution in [0.15, 0.2) is 0 Å². The van der Waals surface area contributed by atoms with Crippen LogP contribution in [0.2, 0.25) is 0 Å². The first-order valence-electron chi connectivity index (χ1n) is 6.29. The molecular formula is C12H20N2O3. The monoisotopic (exact) mass is 240 g/mol. The van der Waals surface area contributed by atoms with Crippen LogP contribution in [0, 0.1) is 5.41 Å². The Labute approximate surface area is 101 Å². The van der Waals surface area contributed by atoms with Crippen molar-refractivity contribution in [1.82, 2.24) is 10.2 Å². The Morgan fingerprint density at radius 3 is 2.29 bits per heavy atom. The number of carbonyl (C=O) groups is 2. The summed E-state index contributed by atoms with van der Waals surface area (Å²) in [5, 5.41) is 12.5. The predicted octanol–water partition coefficient (Wildman–Crippen LogP) is 0.452. The van der Waals surface area contributed by atoms with Crippen LogP contribution < -0.4 is 5.32 Å². The average molecular weight is 240 g/mol. The maximum atomic E-state index is 12.3. The molecule has 5 heteroatoms. The molecule has 0 unspecified atom stereocenters. The molecule has 0 aromatic heterocycles. The molecule has 1 aliphatic heterocycles. The Balaban J connectivity index is 2.05. The first kappa shape index (κ1) is 12.4. The molecule has 1 saturated carbocycles. The molecule has 5 nitrogen and oxygen atoms in total. The summed E-state index contributed by atoms with van der Waals surface area (Å²) in [6, 6.07) is 0.195. The first-order chi connectivity index (χ1) is 8.08. The lowest BCUT2D eigenvalue weighted by atomic mass is 9.67. The van der Waals surface area contributed by atoms with Gasteiger partial charge in [-0.15, -0.1) is 0 Å². The molecule has 1 saturated heterocycles. The number of rotatable bonds is 3. The van der Waals surface area contributed by atoms with E-state index in [-0.39, 0.29) is 11.9 Å². The van der Waals surface area contributed by atoms with Gasteiger partial charge in [0.1, 0.15) is 5.41 Å². The van der Waals surface area contributed by atoms with Gasteiger partial charge in [-0.2, -0.15) is 0 Å². The number of carboxylic acid groups (broad SMARTS) is 1. The van der Waals surface area contributed by atoms with Gasteiger partial charge < -0.3 is 15.3 Å². The second kappa shape index (κ2) is 4.64. The molecule has 17 heavy (non-hydrogen) atoms. The third-order valence-electron chi connectivity index (χ3n) is 4.20. The topological polar surface area (TPSA) is 69.6 Å². The van der Waals surface area contributed by atoms with E-state index >= 15 is 0 Å². The molecule has 1 amide bonds. The van der Waals surface area contributed by atoms with Crippen molar-refractivity contribution < 1.29 is 14.7 Å². The van der Waals surface area contributed by atoms with Crippen LogP contribution in [0.1, 0.15) is 32.1 Å². The minimum atomic E-state index is -1.11. The Kier molecular flexibility index (Phi) is 3.38. The van der Waals surface area contributed by atoms with Crippen LogP contribution in [0.5, 0.6) is 0 Å². The molecule has 0 aromatic rings. The van der Waals surface area contributed by atoms with Gasteiger partial charge in [-0.3, -0.25) is 9.59 Å². The zero-order chi connectivity index (χ0) is 12.5. The highest BCUT2D eigenvalue weighted by atomic mass is 16.4. The number of nitrogens with zero attached hydrogens (tertiary/aromatic N) is 1. The highest BCUT2D eigenvalue weighted by molar-refractivity contribution is 6.02. The Hall–Kier alpha value is -1.10. The summed E-state index contributed by atoms with van der Waals surface area (Å²) in [6.45, 7) is 1.81. The number of nitrogens with one attached hydrogen (secondary N) is 1. The fourth-order valence-corrected chi connectivity index (χ4v) is 2.75. The van der Waals surface area contributed by atoms with E-state index in [2.05, 4.69) is 5.32 Å². The molecule has 2 rings (SSSR count). The predicted molar refractivity (Wildman–Crippen MR) is 62.6 cm³/mol. The molecule has 1 aliphatic carbocycles. The molecule has 1 heterocycles. The van der Waals surface area contributed by atoms with E-state index in [9.17, 15) is 14.7 Å². The van der Waals surface area contributed by atoms with Crippen molar-refractivity contribution in [2.45, 2.75) is 38.1 Å². The summed E-state index contributed by atoms with van der Waals surface area (Å²) >= 11 is 0. The molecule has 96 valence electrons. The summed E-state index contributed by atoms with van der Waals surface area (Å²) < 4.78 is 0. The molecule has 0 aromatic carbocycles. The number of carboxylic acids is 1. The Bertz CT molecular complexity index is 320. The van der Waals surface area contributed by atoms with Crippen LogP contribution in [0.25, 0.3) is 0 Å². The highest BCUT2D eigenvalue weighted by Gasteiger charge is 2.53. The van der Waals surface area contributed by atoms with Crippen molar-refractivity contribution in [1.29, 1.82) is 0 Å². The van der Waals surface area contributed by atoms with Crippen molar-refractivity contribution >= 4 is 11.9 Å².